The van der Waals surface area contributed by atoms with Gasteiger partial charge in [-0.3, -0.25) is 4.79 Å². The van der Waals surface area contributed by atoms with E-state index in [0.717, 1.165) is 24.0 Å². The Balaban J connectivity index is 1.81. The molecule has 1 N–H and O–H groups in total. The average molecular weight is 342 g/mol. The van der Waals surface area contributed by atoms with E-state index >= 15 is 0 Å². The number of carbonyl (C=O) groups excluding carboxylic acids is 1. The second kappa shape index (κ2) is 6.92. The number of hydrogen-bond donors (Lipinski definition) is 1. The number of benzene rings is 1. The molecular formula is C20H23FN2O2. The van der Waals surface area contributed by atoms with Crippen LogP contribution in [0.2, 0.25) is 0 Å². The van der Waals surface area contributed by atoms with Crippen molar-refractivity contribution in [3.63, 3.8) is 0 Å². The number of piperidine rings is 1. The molecule has 1 aromatic carbocycles. The fraction of sp³-hybridized carbons (Fsp3) is 0.400. The van der Waals surface area contributed by atoms with E-state index in [1.165, 1.54) is 20.0 Å². The Kier molecular flexibility index (Phi) is 4.86. The second-order valence-electron chi connectivity index (χ2n) is 7.05. The average Bonchev–Trinajstić information content (AvgIpc) is 2.61. The van der Waals surface area contributed by atoms with E-state index in [1.54, 1.807) is 17.0 Å². The summed E-state index contributed by atoms with van der Waals surface area (Å²) in [6.45, 7) is 4.22. The summed E-state index contributed by atoms with van der Waals surface area (Å²) in [7, 11) is 0. The highest BCUT2D eigenvalue weighted by Crippen LogP contribution is 2.36. The summed E-state index contributed by atoms with van der Waals surface area (Å²) in [5.41, 5.74) is 1.11. The molecule has 5 heteroatoms. The molecule has 1 aliphatic heterocycles. The van der Waals surface area contributed by atoms with Gasteiger partial charge < -0.3 is 10.0 Å². The van der Waals surface area contributed by atoms with E-state index in [2.05, 4.69) is 4.98 Å². The molecule has 0 aliphatic carbocycles. The van der Waals surface area contributed by atoms with Crippen LogP contribution in [0.1, 0.15) is 38.2 Å². The quantitative estimate of drug-likeness (QED) is 0.870. The molecule has 3 rings (SSSR count). The largest absolute Gasteiger partial charge is 0.381 e. The Labute approximate surface area is 147 Å². The lowest BCUT2D eigenvalue weighted by Gasteiger charge is -2.35. The number of likely N-dealkylation sites (tertiary alicyclic amines) is 1. The van der Waals surface area contributed by atoms with Gasteiger partial charge in [-0.1, -0.05) is 24.3 Å². The van der Waals surface area contributed by atoms with E-state index in [-0.39, 0.29) is 11.8 Å². The molecule has 0 saturated carbocycles. The van der Waals surface area contributed by atoms with Crippen molar-refractivity contribution in [1.29, 1.82) is 0 Å². The predicted molar refractivity (Wildman–Crippen MR) is 94.5 cm³/mol. The molecule has 1 aliphatic rings. The van der Waals surface area contributed by atoms with Crippen LogP contribution in [0, 0.1) is 5.95 Å². The minimum Gasteiger partial charge on any atom is -0.381 e. The summed E-state index contributed by atoms with van der Waals surface area (Å²) in [6, 6.07) is 11.3. The van der Waals surface area contributed by atoms with Crippen LogP contribution < -0.4 is 0 Å². The minimum atomic E-state index is -1.34. The standard InChI is InChI=1S/C20H23FN2O2/c1-20(2,25)19(24)23-12-9-14(10-13-23)15-6-3-4-7-16(15)17-8-5-11-22-18(17)21/h3-8,11,14,25H,9-10,12-13H2,1-2H3. The van der Waals surface area contributed by atoms with Crippen LogP contribution in [0.4, 0.5) is 4.39 Å². The first kappa shape index (κ1) is 17.5. The summed E-state index contributed by atoms with van der Waals surface area (Å²) in [4.78, 5) is 17.7. The maximum Gasteiger partial charge on any atom is 0.253 e. The van der Waals surface area contributed by atoms with Crippen LogP contribution in [0.15, 0.2) is 42.6 Å². The molecule has 1 amide bonds. The summed E-state index contributed by atoms with van der Waals surface area (Å²) in [6.07, 6.45) is 3.03. The maximum atomic E-state index is 14.1. The monoisotopic (exact) mass is 342 g/mol. The number of halogens is 1. The van der Waals surface area contributed by atoms with Gasteiger partial charge >= 0.3 is 0 Å². The molecule has 0 bridgehead atoms. The number of amides is 1. The highest BCUT2D eigenvalue weighted by Gasteiger charge is 2.32. The molecule has 4 nitrogen and oxygen atoms in total. The third kappa shape index (κ3) is 3.71. The normalized spacial score (nSPS) is 16.1. The zero-order valence-electron chi connectivity index (χ0n) is 14.6. The van der Waals surface area contributed by atoms with E-state index in [9.17, 15) is 14.3 Å². The number of aromatic nitrogens is 1. The van der Waals surface area contributed by atoms with Gasteiger partial charge in [0.25, 0.3) is 5.91 Å². The van der Waals surface area contributed by atoms with E-state index in [4.69, 9.17) is 0 Å². The lowest BCUT2D eigenvalue weighted by molar-refractivity contribution is -0.148. The van der Waals surface area contributed by atoms with Gasteiger partial charge in [0.05, 0.1) is 0 Å². The topological polar surface area (TPSA) is 53.4 Å². The lowest BCUT2D eigenvalue weighted by atomic mass is 9.84. The zero-order valence-corrected chi connectivity index (χ0v) is 14.6. The van der Waals surface area contributed by atoms with Crippen LogP contribution in [-0.2, 0) is 4.79 Å². The van der Waals surface area contributed by atoms with Crippen molar-refractivity contribution in [3.8, 4) is 11.1 Å². The fourth-order valence-electron chi connectivity index (χ4n) is 3.47. The molecule has 0 spiro atoms. The third-order valence-corrected chi connectivity index (χ3v) is 4.76. The first-order valence-electron chi connectivity index (χ1n) is 8.59. The number of rotatable bonds is 3. The molecule has 0 radical (unpaired) electrons. The van der Waals surface area contributed by atoms with Gasteiger partial charge in [-0.15, -0.1) is 0 Å². The van der Waals surface area contributed by atoms with Gasteiger partial charge in [0.1, 0.15) is 5.60 Å². The minimum absolute atomic E-state index is 0.238. The van der Waals surface area contributed by atoms with Crippen molar-refractivity contribution in [1.82, 2.24) is 9.88 Å². The van der Waals surface area contributed by atoms with Gasteiger partial charge in [-0.05, 0) is 55.9 Å². The highest BCUT2D eigenvalue weighted by molar-refractivity contribution is 5.84. The van der Waals surface area contributed by atoms with Crippen molar-refractivity contribution in [2.45, 2.75) is 38.2 Å². The van der Waals surface area contributed by atoms with Gasteiger partial charge in [-0.25, -0.2) is 4.98 Å². The summed E-state index contributed by atoms with van der Waals surface area (Å²) >= 11 is 0. The Morgan fingerprint density at radius 1 is 1.16 bits per heavy atom. The molecule has 2 heterocycles. The van der Waals surface area contributed by atoms with Crippen LogP contribution in [0.25, 0.3) is 11.1 Å². The molecule has 0 unspecified atom stereocenters. The predicted octanol–water partition coefficient (Wildman–Crippen LogP) is 3.36. The Hall–Kier alpha value is -2.27. The maximum absolute atomic E-state index is 14.1. The molecule has 1 saturated heterocycles. The van der Waals surface area contributed by atoms with Crippen LogP contribution >= 0.6 is 0 Å². The van der Waals surface area contributed by atoms with Crippen molar-refractivity contribution in [2.24, 2.45) is 0 Å². The number of carbonyl (C=O) groups is 1. The zero-order chi connectivity index (χ0) is 18.0. The first-order valence-corrected chi connectivity index (χ1v) is 8.59. The molecule has 2 aromatic rings. The fourth-order valence-corrected chi connectivity index (χ4v) is 3.47. The van der Waals surface area contributed by atoms with Crippen molar-refractivity contribution in [3.05, 3.63) is 54.1 Å². The Morgan fingerprint density at radius 2 is 1.80 bits per heavy atom. The first-order chi connectivity index (χ1) is 11.9. The Bertz CT molecular complexity index is 762. The van der Waals surface area contributed by atoms with Crippen molar-refractivity contribution >= 4 is 5.91 Å². The van der Waals surface area contributed by atoms with Gasteiger partial charge in [0.2, 0.25) is 5.95 Å². The molecule has 1 fully saturated rings. The smallest absolute Gasteiger partial charge is 0.253 e. The SMILES string of the molecule is CC(C)(O)C(=O)N1CCC(c2ccccc2-c2cccnc2F)CC1. The number of hydrogen-bond acceptors (Lipinski definition) is 3. The molecule has 25 heavy (non-hydrogen) atoms. The second-order valence-corrected chi connectivity index (χ2v) is 7.05. The van der Waals surface area contributed by atoms with Gasteiger partial charge in [-0.2, -0.15) is 4.39 Å². The van der Waals surface area contributed by atoms with Crippen molar-refractivity contribution in [2.75, 3.05) is 13.1 Å². The van der Waals surface area contributed by atoms with Crippen LogP contribution in [-0.4, -0.2) is 39.6 Å². The molecule has 132 valence electrons. The van der Waals surface area contributed by atoms with Gasteiger partial charge in [0.15, 0.2) is 0 Å². The molecular weight excluding hydrogens is 319 g/mol. The van der Waals surface area contributed by atoms with Crippen LogP contribution in [0.5, 0.6) is 0 Å². The highest BCUT2D eigenvalue weighted by atomic mass is 19.1. The van der Waals surface area contributed by atoms with Crippen molar-refractivity contribution < 1.29 is 14.3 Å². The van der Waals surface area contributed by atoms with Gasteiger partial charge in [0, 0.05) is 24.8 Å². The molecule has 1 aromatic heterocycles. The third-order valence-electron chi connectivity index (χ3n) is 4.76. The lowest BCUT2D eigenvalue weighted by Crippen LogP contribution is -2.48. The Morgan fingerprint density at radius 3 is 2.44 bits per heavy atom. The van der Waals surface area contributed by atoms with E-state index in [1.807, 2.05) is 24.3 Å². The number of nitrogens with zero attached hydrogens (tertiary/aromatic N) is 2. The summed E-state index contributed by atoms with van der Waals surface area (Å²) in [5.74, 6) is -0.455. The number of pyridine rings is 1. The van der Waals surface area contributed by atoms with E-state index in [0.29, 0.717) is 18.7 Å². The molecule has 0 atom stereocenters. The number of aliphatic hydroxyl groups is 1. The van der Waals surface area contributed by atoms with Crippen LogP contribution in [0.3, 0.4) is 0 Å². The van der Waals surface area contributed by atoms with E-state index < -0.39 is 11.5 Å². The summed E-state index contributed by atoms with van der Waals surface area (Å²) < 4.78 is 14.1. The summed E-state index contributed by atoms with van der Waals surface area (Å²) in [5, 5.41) is 9.90.